The minimum atomic E-state index is 0.604. The maximum absolute atomic E-state index is 6.09. The van der Waals surface area contributed by atoms with Crippen molar-refractivity contribution in [2.75, 3.05) is 12.3 Å². The van der Waals surface area contributed by atoms with Crippen LogP contribution in [0.15, 0.2) is 42.5 Å². The van der Waals surface area contributed by atoms with Crippen LogP contribution in [0.3, 0.4) is 0 Å². The monoisotopic (exact) mass is 261 g/mol. The van der Waals surface area contributed by atoms with Crippen LogP contribution in [-0.2, 0) is 6.42 Å². The van der Waals surface area contributed by atoms with Crippen LogP contribution < -0.4 is 10.5 Å². The summed E-state index contributed by atoms with van der Waals surface area (Å²) in [6, 6.07) is 13.6. The zero-order valence-electron chi connectivity index (χ0n) is 10.3. The Hall–Kier alpha value is -1.67. The summed E-state index contributed by atoms with van der Waals surface area (Å²) >= 11 is 6.09. The van der Waals surface area contributed by atoms with Gasteiger partial charge >= 0.3 is 0 Å². The average Bonchev–Trinajstić information content (AvgIpc) is 2.34. The molecule has 0 spiro atoms. The van der Waals surface area contributed by atoms with Crippen LogP contribution in [0.1, 0.15) is 11.1 Å². The fourth-order valence-corrected chi connectivity index (χ4v) is 1.98. The molecule has 0 atom stereocenters. The Morgan fingerprint density at radius 3 is 2.50 bits per heavy atom. The molecule has 0 amide bonds. The zero-order valence-corrected chi connectivity index (χ0v) is 11.1. The normalized spacial score (nSPS) is 10.3. The van der Waals surface area contributed by atoms with E-state index in [1.165, 1.54) is 5.56 Å². The molecule has 0 saturated heterocycles. The van der Waals surface area contributed by atoms with Crippen LogP contribution in [0, 0.1) is 6.92 Å². The lowest BCUT2D eigenvalue weighted by atomic mass is 10.1. The average molecular weight is 262 g/mol. The van der Waals surface area contributed by atoms with Gasteiger partial charge in [-0.25, -0.2) is 0 Å². The lowest BCUT2D eigenvalue weighted by Crippen LogP contribution is -2.02. The maximum Gasteiger partial charge on any atom is 0.137 e. The molecule has 2 nitrogen and oxygen atoms in total. The first-order valence-corrected chi connectivity index (χ1v) is 6.26. The van der Waals surface area contributed by atoms with Crippen molar-refractivity contribution in [3.63, 3.8) is 0 Å². The molecule has 0 heterocycles. The van der Waals surface area contributed by atoms with Crippen LogP contribution >= 0.6 is 11.6 Å². The van der Waals surface area contributed by atoms with E-state index in [1.54, 1.807) is 0 Å². The summed E-state index contributed by atoms with van der Waals surface area (Å²) in [4.78, 5) is 0. The van der Waals surface area contributed by atoms with Gasteiger partial charge in [-0.3, -0.25) is 0 Å². The van der Waals surface area contributed by atoms with Gasteiger partial charge in [0.25, 0.3) is 0 Å². The van der Waals surface area contributed by atoms with Crippen molar-refractivity contribution in [1.82, 2.24) is 0 Å². The molecule has 0 aliphatic carbocycles. The van der Waals surface area contributed by atoms with Gasteiger partial charge in [-0.05, 0) is 42.3 Å². The second-order valence-corrected chi connectivity index (χ2v) is 4.68. The summed E-state index contributed by atoms with van der Waals surface area (Å²) in [5.41, 5.74) is 8.74. The summed E-state index contributed by atoms with van der Waals surface area (Å²) in [5, 5.41) is 0.660. The molecule has 0 aromatic heterocycles. The van der Waals surface area contributed by atoms with Gasteiger partial charge in [-0.15, -0.1) is 0 Å². The molecule has 94 valence electrons. The van der Waals surface area contributed by atoms with E-state index >= 15 is 0 Å². The third-order valence-electron chi connectivity index (χ3n) is 2.72. The lowest BCUT2D eigenvalue weighted by molar-refractivity contribution is 0.322. The van der Waals surface area contributed by atoms with Crippen LogP contribution in [0.4, 0.5) is 5.69 Å². The number of halogens is 1. The largest absolute Gasteiger partial charge is 0.492 e. The van der Waals surface area contributed by atoms with Crippen LogP contribution in [0.2, 0.25) is 5.02 Å². The minimum absolute atomic E-state index is 0.604. The Balaban J connectivity index is 1.90. The third kappa shape index (κ3) is 3.41. The predicted octanol–water partition coefficient (Wildman–Crippen LogP) is 3.85. The molecule has 2 aromatic carbocycles. The van der Waals surface area contributed by atoms with Crippen molar-refractivity contribution in [1.29, 1.82) is 0 Å². The minimum Gasteiger partial charge on any atom is -0.492 e. The van der Waals surface area contributed by atoms with E-state index in [4.69, 9.17) is 22.1 Å². The first-order chi connectivity index (χ1) is 8.65. The number of anilines is 1. The van der Waals surface area contributed by atoms with Crippen LogP contribution in [-0.4, -0.2) is 6.61 Å². The molecule has 0 unspecified atom stereocenters. The first kappa shape index (κ1) is 12.8. The van der Waals surface area contributed by atoms with E-state index in [0.717, 1.165) is 23.4 Å². The molecule has 0 radical (unpaired) electrons. The summed E-state index contributed by atoms with van der Waals surface area (Å²) in [5.74, 6) is 0.734. The zero-order chi connectivity index (χ0) is 13.0. The molecular formula is C15H16ClNO. The molecule has 0 saturated carbocycles. The summed E-state index contributed by atoms with van der Waals surface area (Å²) in [6.07, 6.45) is 0.838. The quantitative estimate of drug-likeness (QED) is 0.849. The molecule has 2 N–H and O–H groups in total. The molecule has 0 fully saturated rings. The van der Waals surface area contributed by atoms with Crippen LogP contribution in [0.25, 0.3) is 0 Å². The number of nitrogens with two attached hydrogens (primary N) is 1. The summed E-state index contributed by atoms with van der Waals surface area (Å²) in [6.45, 7) is 2.61. The summed E-state index contributed by atoms with van der Waals surface area (Å²) < 4.78 is 5.66. The lowest BCUT2D eigenvalue weighted by Gasteiger charge is -2.08. The van der Waals surface area contributed by atoms with Crippen molar-refractivity contribution >= 4 is 17.3 Å². The molecule has 0 bridgehead atoms. The molecule has 2 rings (SSSR count). The van der Waals surface area contributed by atoms with Crippen molar-refractivity contribution in [3.8, 4) is 5.75 Å². The van der Waals surface area contributed by atoms with Gasteiger partial charge in [0.05, 0.1) is 11.6 Å². The Bertz CT molecular complexity index is 523. The van der Waals surface area contributed by atoms with Crippen molar-refractivity contribution < 1.29 is 4.74 Å². The van der Waals surface area contributed by atoms with E-state index in [9.17, 15) is 0 Å². The second kappa shape index (κ2) is 5.78. The molecular weight excluding hydrogens is 246 g/mol. The topological polar surface area (TPSA) is 35.2 Å². The molecule has 3 heteroatoms. The Kier molecular flexibility index (Phi) is 4.11. The van der Waals surface area contributed by atoms with Gasteiger partial charge in [0.15, 0.2) is 0 Å². The van der Waals surface area contributed by atoms with E-state index in [-0.39, 0.29) is 0 Å². The van der Waals surface area contributed by atoms with Gasteiger partial charge in [-0.1, -0.05) is 29.8 Å². The standard InChI is InChI=1S/C15H16ClNO/c1-11-2-7-15(14(16)10-11)18-9-8-12-3-5-13(17)6-4-12/h2-7,10H,8-9,17H2,1H3. The number of aryl methyl sites for hydroxylation is 1. The highest BCUT2D eigenvalue weighted by atomic mass is 35.5. The van der Waals surface area contributed by atoms with Crippen molar-refractivity contribution in [3.05, 3.63) is 58.6 Å². The summed E-state index contributed by atoms with van der Waals surface area (Å²) in [7, 11) is 0. The predicted molar refractivity (Wildman–Crippen MR) is 76.2 cm³/mol. The number of ether oxygens (including phenoxy) is 1. The number of benzene rings is 2. The van der Waals surface area contributed by atoms with Gasteiger partial charge in [-0.2, -0.15) is 0 Å². The number of hydrogen-bond acceptors (Lipinski definition) is 2. The highest BCUT2D eigenvalue weighted by molar-refractivity contribution is 6.32. The van der Waals surface area contributed by atoms with E-state index in [0.29, 0.717) is 11.6 Å². The van der Waals surface area contributed by atoms with E-state index < -0.39 is 0 Å². The smallest absolute Gasteiger partial charge is 0.137 e. The molecule has 0 aliphatic rings. The SMILES string of the molecule is Cc1ccc(OCCc2ccc(N)cc2)c(Cl)c1. The Morgan fingerprint density at radius 1 is 1.11 bits per heavy atom. The Labute approximate surface area is 112 Å². The van der Waals surface area contributed by atoms with Gasteiger partial charge in [0, 0.05) is 12.1 Å². The van der Waals surface area contributed by atoms with Gasteiger partial charge < -0.3 is 10.5 Å². The molecule has 2 aromatic rings. The maximum atomic E-state index is 6.09. The van der Waals surface area contributed by atoms with Crippen LogP contribution in [0.5, 0.6) is 5.75 Å². The number of hydrogen-bond donors (Lipinski definition) is 1. The van der Waals surface area contributed by atoms with Crippen molar-refractivity contribution in [2.45, 2.75) is 13.3 Å². The highest BCUT2D eigenvalue weighted by Gasteiger charge is 2.01. The Morgan fingerprint density at radius 2 is 1.83 bits per heavy atom. The fraction of sp³-hybridized carbons (Fsp3) is 0.200. The van der Waals surface area contributed by atoms with E-state index in [1.807, 2.05) is 49.4 Å². The van der Waals surface area contributed by atoms with E-state index in [2.05, 4.69) is 0 Å². The number of rotatable bonds is 4. The molecule has 18 heavy (non-hydrogen) atoms. The third-order valence-corrected chi connectivity index (χ3v) is 3.01. The number of nitrogen functional groups attached to an aromatic ring is 1. The highest BCUT2D eigenvalue weighted by Crippen LogP contribution is 2.25. The molecule has 0 aliphatic heterocycles. The van der Waals surface area contributed by atoms with Gasteiger partial charge in [0.2, 0.25) is 0 Å². The first-order valence-electron chi connectivity index (χ1n) is 5.88. The van der Waals surface area contributed by atoms with Crippen molar-refractivity contribution in [2.24, 2.45) is 0 Å². The fourth-order valence-electron chi connectivity index (χ4n) is 1.69. The van der Waals surface area contributed by atoms with Gasteiger partial charge in [0.1, 0.15) is 5.75 Å². The second-order valence-electron chi connectivity index (χ2n) is 4.27.